The van der Waals surface area contributed by atoms with Crippen molar-refractivity contribution in [1.82, 2.24) is 5.32 Å². The molecule has 3 rings (SSSR count). The van der Waals surface area contributed by atoms with E-state index in [0.717, 1.165) is 0 Å². The van der Waals surface area contributed by atoms with E-state index in [4.69, 9.17) is 21.1 Å². The number of hydrogen-bond donors (Lipinski definition) is 2. The fourth-order valence-electron chi connectivity index (χ4n) is 2.17. The van der Waals surface area contributed by atoms with Gasteiger partial charge >= 0.3 is 0 Å². The molecule has 0 saturated carbocycles. The number of rotatable bonds is 4. The Balaban J connectivity index is 1.49. The number of hydrogen-bond acceptors (Lipinski definition) is 4. The van der Waals surface area contributed by atoms with Crippen LogP contribution in [0.15, 0.2) is 48.5 Å². The van der Waals surface area contributed by atoms with E-state index in [-0.39, 0.29) is 19.1 Å². The van der Waals surface area contributed by atoms with Crippen molar-refractivity contribution < 1.29 is 19.1 Å². The highest BCUT2D eigenvalue weighted by molar-refractivity contribution is 6.30. The standard InChI is InChI=1S/C17H15ClN2O4/c18-11-5-7-12(8-6-11)20-16(21)9-19-17(22)15-10-23-13-3-1-2-4-14(13)24-15/h1-8,15H,9-10H2,(H,19,22)(H,20,21)/t15-/m0/s1. The molecule has 0 saturated heterocycles. The van der Waals surface area contributed by atoms with E-state index in [1.165, 1.54) is 0 Å². The molecule has 0 aromatic heterocycles. The number of nitrogens with one attached hydrogen (secondary N) is 2. The lowest BCUT2D eigenvalue weighted by Crippen LogP contribution is -2.46. The van der Waals surface area contributed by atoms with Gasteiger partial charge < -0.3 is 20.1 Å². The van der Waals surface area contributed by atoms with Gasteiger partial charge in [-0.25, -0.2) is 0 Å². The van der Waals surface area contributed by atoms with Crippen LogP contribution in [0.4, 0.5) is 5.69 Å². The first kappa shape index (κ1) is 16.1. The molecule has 6 nitrogen and oxygen atoms in total. The predicted octanol–water partition coefficient (Wildman–Crippen LogP) is 2.23. The van der Waals surface area contributed by atoms with Crippen molar-refractivity contribution in [2.45, 2.75) is 6.10 Å². The Hall–Kier alpha value is -2.73. The van der Waals surface area contributed by atoms with Crippen molar-refractivity contribution in [1.29, 1.82) is 0 Å². The summed E-state index contributed by atoms with van der Waals surface area (Å²) in [6.45, 7) is -0.0649. The van der Waals surface area contributed by atoms with Crippen LogP contribution in [0.3, 0.4) is 0 Å². The fourth-order valence-corrected chi connectivity index (χ4v) is 2.29. The van der Waals surface area contributed by atoms with Gasteiger partial charge in [-0.1, -0.05) is 23.7 Å². The average Bonchev–Trinajstić information content (AvgIpc) is 2.61. The number of fused-ring (bicyclic) bond motifs is 1. The molecule has 1 atom stereocenters. The number of anilines is 1. The van der Waals surface area contributed by atoms with E-state index in [1.54, 1.807) is 42.5 Å². The van der Waals surface area contributed by atoms with E-state index < -0.39 is 12.0 Å². The van der Waals surface area contributed by atoms with E-state index >= 15 is 0 Å². The van der Waals surface area contributed by atoms with Gasteiger partial charge in [-0.15, -0.1) is 0 Å². The monoisotopic (exact) mass is 346 g/mol. The second-order valence-corrected chi connectivity index (χ2v) is 5.57. The third-order valence-electron chi connectivity index (χ3n) is 3.35. The largest absolute Gasteiger partial charge is 0.485 e. The summed E-state index contributed by atoms with van der Waals surface area (Å²) in [7, 11) is 0. The molecule has 1 aliphatic heterocycles. The molecule has 124 valence electrons. The molecule has 24 heavy (non-hydrogen) atoms. The lowest BCUT2D eigenvalue weighted by molar-refractivity contribution is -0.131. The number of carbonyl (C=O) groups is 2. The topological polar surface area (TPSA) is 76.7 Å². The summed E-state index contributed by atoms with van der Waals surface area (Å²) < 4.78 is 11.0. The molecule has 2 aromatic carbocycles. The quantitative estimate of drug-likeness (QED) is 0.890. The van der Waals surface area contributed by atoms with Crippen LogP contribution in [0.1, 0.15) is 0 Å². The van der Waals surface area contributed by atoms with Crippen LogP contribution in [-0.2, 0) is 9.59 Å². The minimum atomic E-state index is -0.789. The molecular weight excluding hydrogens is 332 g/mol. The molecule has 0 spiro atoms. The molecule has 0 aliphatic carbocycles. The van der Waals surface area contributed by atoms with Gasteiger partial charge in [0, 0.05) is 10.7 Å². The summed E-state index contributed by atoms with van der Waals surface area (Å²) in [6.07, 6.45) is -0.789. The van der Waals surface area contributed by atoms with Crippen molar-refractivity contribution in [3.63, 3.8) is 0 Å². The summed E-state index contributed by atoms with van der Waals surface area (Å²) in [5.74, 6) is 0.357. The Kier molecular flexibility index (Phi) is 4.86. The average molecular weight is 347 g/mol. The van der Waals surface area contributed by atoms with Gasteiger partial charge in [-0.05, 0) is 36.4 Å². The maximum absolute atomic E-state index is 12.1. The molecular formula is C17H15ClN2O4. The molecule has 1 aliphatic rings. The highest BCUT2D eigenvalue weighted by atomic mass is 35.5. The summed E-state index contributed by atoms with van der Waals surface area (Å²) in [6, 6.07) is 13.8. The number of halogens is 1. The van der Waals surface area contributed by atoms with Gasteiger partial charge in [0.2, 0.25) is 12.0 Å². The van der Waals surface area contributed by atoms with Crippen molar-refractivity contribution in [2.75, 3.05) is 18.5 Å². The van der Waals surface area contributed by atoms with Crippen LogP contribution >= 0.6 is 11.6 Å². The van der Waals surface area contributed by atoms with Crippen LogP contribution < -0.4 is 20.1 Å². The Labute approximate surface area is 143 Å². The minimum Gasteiger partial charge on any atom is -0.485 e. The van der Waals surface area contributed by atoms with Crippen molar-refractivity contribution in [2.24, 2.45) is 0 Å². The van der Waals surface area contributed by atoms with Gasteiger partial charge in [0.05, 0.1) is 6.54 Å². The van der Waals surface area contributed by atoms with Gasteiger partial charge in [-0.2, -0.15) is 0 Å². The highest BCUT2D eigenvalue weighted by Crippen LogP contribution is 2.30. The normalized spacial score (nSPS) is 15.5. The molecule has 7 heteroatoms. The Morgan fingerprint density at radius 3 is 2.54 bits per heavy atom. The van der Waals surface area contributed by atoms with Crippen molar-refractivity contribution in [3.05, 3.63) is 53.6 Å². The van der Waals surface area contributed by atoms with Crippen LogP contribution in [0, 0.1) is 0 Å². The van der Waals surface area contributed by atoms with Gasteiger partial charge in [0.1, 0.15) is 6.61 Å². The first-order valence-electron chi connectivity index (χ1n) is 7.33. The molecule has 2 N–H and O–H groups in total. The lowest BCUT2D eigenvalue weighted by atomic mass is 10.2. The minimum absolute atomic E-state index is 0.0989. The van der Waals surface area contributed by atoms with E-state index in [1.807, 2.05) is 6.07 Å². The Bertz CT molecular complexity index is 749. The van der Waals surface area contributed by atoms with Gasteiger partial charge in [0.25, 0.3) is 5.91 Å². The number of carbonyl (C=O) groups excluding carboxylic acids is 2. The fraction of sp³-hybridized carbons (Fsp3) is 0.176. The third-order valence-corrected chi connectivity index (χ3v) is 3.60. The number of ether oxygens (including phenoxy) is 2. The molecule has 2 amide bonds. The molecule has 0 radical (unpaired) electrons. The molecule has 1 heterocycles. The highest BCUT2D eigenvalue weighted by Gasteiger charge is 2.27. The maximum Gasteiger partial charge on any atom is 0.265 e. The molecule has 0 unspecified atom stereocenters. The van der Waals surface area contributed by atoms with E-state index in [9.17, 15) is 9.59 Å². The zero-order valence-corrected chi connectivity index (χ0v) is 13.4. The zero-order valence-electron chi connectivity index (χ0n) is 12.6. The first-order chi connectivity index (χ1) is 11.6. The van der Waals surface area contributed by atoms with Crippen molar-refractivity contribution >= 4 is 29.1 Å². The zero-order chi connectivity index (χ0) is 16.9. The lowest BCUT2D eigenvalue weighted by Gasteiger charge is -2.25. The predicted molar refractivity (Wildman–Crippen MR) is 89.4 cm³/mol. The smallest absolute Gasteiger partial charge is 0.265 e. The summed E-state index contributed by atoms with van der Waals surface area (Å²) >= 11 is 5.78. The Morgan fingerprint density at radius 1 is 1.08 bits per heavy atom. The summed E-state index contributed by atoms with van der Waals surface area (Å²) in [5.41, 5.74) is 0.602. The summed E-state index contributed by atoms with van der Waals surface area (Å²) in [4.78, 5) is 23.9. The van der Waals surface area contributed by atoms with E-state index in [2.05, 4.69) is 10.6 Å². The molecule has 0 bridgehead atoms. The van der Waals surface area contributed by atoms with Crippen LogP contribution in [0.2, 0.25) is 5.02 Å². The van der Waals surface area contributed by atoms with Gasteiger partial charge in [-0.3, -0.25) is 9.59 Å². The van der Waals surface area contributed by atoms with Crippen molar-refractivity contribution in [3.8, 4) is 11.5 Å². The maximum atomic E-state index is 12.1. The van der Waals surface area contributed by atoms with Crippen LogP contribution in [-0.4, -0.2) is 31.1 Å². The van der Waals surface area contributed by atoms with Crippen LogP contribution in [0.5, 0.6) is 11.5 Å². The van der Waals surface area contributed by atoms with Gasteiger partial charge in [0.15, 0.2) is 11.5 Å². The first-order valence-corrected chi connectivity index (χ1v) is 7.71. The Morgan fingerprint density at radius 2 is 1.79 bits per heavy atom. The number of para-hydroxylation sites is 2. The number of amides is 2. The molecule has 2 aromatic rings. The summed E-state index contributed by atoms with van der Waals surface area (Å²) in [5, 5.41) is 5.77. The third kappa shape index (κ3) is 3.97. The second kappa shape index (κ2) is 7.23. The second-order valence-electron chi connectivity index (χ2n) is 5.14. The van der Waals surface area contributed by atoms with Crippen LogP contribution in [0.25, 0.3) is 0 Å². The SMILES string of the molecule is O=C(CNC(=O)[C@@H]1COc2ccccc2O1)Nc1ccc(Cl)cc1. The number of benzene rings is 2. The molecule has 0 fully saturated rings. The van der Waals surface area contributed by atoms with E-state index in [0.29, 0.717) is 22.2 Å².